The molecule has 1 aliphatic carbocycles. The molecule has 1 N–H and O–H groups in total. The van der Waals surface area contributed by atoms with E-state index in [-0.39, 0.29) is 11.2 Å². The Labute approximate surface area is 175 Å². The zero-order valence-corrected chi connectivity index (χ0v) is 17.7. The highest BCUT2D eigenvalue weighted by Crippen LogP contribution is 2.43. The van der Waals surface area contributed by atoms with Crippen LogP contribution >= 0.6 is 22.7 Å². The Hall–Kier alpha value is -2.12. The van der Waals surface area contributed by atoms with E-state index in [1.807, 2.05) is 0 Å². The van der Waals surface area contributed by atoms with E-state index in [2.05, 4.69) is 28.3 Å². The number of aromatic nitrogens is 2. The molecule has 1 aliphatic rings. The van der Waals surface area contributed by atoms with Gasteiger partial charge in [-0.3, -0.25) is 0 Å². The van der Waals surface area contributed by atoms with Crippen LogP contribution in [0.1, 0.15) is 49.8 Å². The maximum atomic E-state index is 14.9. The molecule has 4 aromatic rings. The molecule has 150 valence electrons. The molecule has 0 saturated heterocycles. The summed E-state index contributed by atoms with van der Waals surface area (Å²) in [6.07, 6.45) is 7.99. The van der Waals surface area contributed by atoms with Crippen molar-refractivity contribution in [1.82, 2.24) is 9.97 Å². The minimum Gasteiger partial charge on any atom is -0.350 e. The van der Waals surface area contributed by atoms with E-state index in [4.69, 9.17) is 0 Å². The number of thiazole rings is 1. The average molecular weight is 430 g/mol. The van der Waals surface area contributed by atoms with Gasteiger partial charge in [0.25, 0.3) is 0 Å². The highest BCUT2D eigenvalue weighted by molar-refractivity contribution is 7.18. The van der Waals surface area contributed by atoms with Crippen molar-refractivity contribution >= 4 is 54.5 Å². The molecule has 7 heteroatoms. The van der Waals surface area contributed by atoms with Crippen molar-refractivity contribution in [3.8, 4) is 0 Å². The van der Waals surface area contributed by atoms with Crippen LogP contribution in [0.4, 0.5) is 20.2 Å². The number of hydrogen-bond acceptors (Lipinski definition) is 5. The van der Waals surface area contributed by atoms with Gasteiger partial charge in [0.05, 0.1) is 15.9 Å². The highest BCUT2D eigenvalue weighted by atomic mass is 32.1. The molecular weight excluding hydrogens is 408 g/mol. The molecule has 1 fully saturated rings. The Bertz CT molecular complexity index is 1180. The molecule has 3 heterocycles. The standard InChI is InChI=1S/C22H21F2N3S2/c1-12-5-3-2-4-6-13(12)17-9-14-16(7-8-25-22(14)29-17)27-20-15(23)10-18-21(19(20)24)26-11-28-18/h7-13H,2-6H2,1H3,(H,25,27)/t12-,13+/m0/s1. The molecule has 0 aliphatic heterocycles. The Morgan fingerprint density at radius 2 is 1.97 bits per heavy atom. The Morgan fingerprint density at radius 3 is 2.86 bits per heavy atom. The van der Waals surface area contributed by atoms with E-state index in [1.165, 1.54) is 59.9 Å². The summed E-state index contributed by atoms with van der Waals surface area (Å²) in [5.74, 6) is -0.0931. The molecular formula is C22H21F2N3S2. The normalized spacial score (nSPS) is 20.2. The van der Waals surface area contributed by atoms with Gasteiger partial charge >= 0.3 is 0 Å². The molecule has 0 spiro atoms. The molecule has 0 radical (unpaired) electrons. The molecule has 0 bridgehead atoms. The molecule has 0 amide bonds. The van der Waals surface area contributed by atoms with E-state index in [9.17, 15) is 8.78 Å². The molecule has 1 aromatic carbocycles. The van der Waals surface area contributed by atoms with Crippen LogP contribution < -0.4 is 5.32 Å². The fourth-order valence-corrected chi connectivity index (χ4v) is 6.34. The fraction of sp³-hybridized carbons (Fsp3) is 0.364. The van der Waals surface area contributed by atoms with E-state index in [0.29, 0.717) is 22.2 Å². The minimum absolute atomic E-state index is 0.161. The molecule has 3 aromatic heterocycles. The summed E-state index contributed by atoms with van der Waals surface area (Å²) < 4.78 is 30.0. The summed E-state index contributed by atoms with van der Waals surface area (Å²) in [5, 5.41) is 3.90. The summed E-state index contributed by atoms with van der Waals surface area (Å²) in [7, 11) is 0. The number of halogens is 2. The Kier molecular flexibility index (Phi) is 4.95. The third-order valence-electron chi connectivity index (χ3n) is 5.96. The van der Waals surface area contributed by atoms with Gasteiger partial charge in [-0.2, -0.15) is 0 Å². The topological polar surface area (TPSA) is 37.8 Å². The van der Waals surface area contributed by atoms with Crippen LogP contribution in [0.2, 0.25) is 0 Å². The fourth-order valence-electron chi connectivity index (χ4n) is 4.35. The number of fused-ring (bicyclic) bond motifs is 2. The molecule has 1 saturated carbocycles. The lowest BCUT2D eigenvalue weighted by Crippen LogP contribution is -2.06. The number of thiophene rings is 1. The SMILES string of the molecule is C[C@H]1CCCCC[C@H]1c1cc2c(Nc3c(F)cc4scnc4c3F)ccnc2s1. The summed E-state index contributed by atoms with van der Waals surface area (Å²) in [5.41, 5.74) is 2.24. The lowest BCUT2D eigenvalue weighted by molar-refractivity contribution is 0.440. The number of nitrogens with one attached hydrogen (secondary N) is 1. The zero-order valence-electron chi connectivity index (χ0n) is 16.0. The Morgan fingerprint density at radius 1 is 1.10 bits per heavy atom. The van der Waals surface area contributed by atoms with Crippen LogP contribution in [0.15, 0.2) is 29.9 Å². The number of pyridine rings is 1. The first kappa shape index (κ1) is 18.9. The second-order valence-electron chi connectivity index (χ2n) is 7.82. The van der Waals surface area contributed by atoms with Gasteiger partial charge in [-0.05, 0) is 36.5 Å². The third kappa shape index (κ3) is 3.40. The average Bonchev–Trinajstić information content (AvgIpc) is 3.29. The largest absolute Gasteiger partial charge is 0.350 e. The van der Waals surface area contributed by atoms with Crippen molar-refractivity contribution in [1.29, 1.82) is 0 Å². The van der Waals surface area contributed by atoms with Gasteiger partial charge in [0.15, 0.2) is 11.6 Å². The van der Waals surface area contributed by atoms with E-state index in [1.54, 1.807) is 23.6 Å². The number of benzene rings is 1. The van der Waals surface area contributed by atoms with Gasteiger partial charge in [0.2, 0.25) is 0 Å². The maximum Gasteiger partial charge on any atom is 0.176 e. The first-order chi connectivity index (χ1) is 14.1. The maximum absolute atomic E-state index is 14.9. The number of hydrogen-bond donors (Lipinski definition) is 1. The summed E-state index contributed by atoms with van der Waals surface area (Å²) in [4.78, 5) is 10.8. The van der Waals surface area contributed by atoms with E-state index >= 15 is 0 Å². The van der Waals surface area contributed by atoms with Gasteiger partial charge in [-0.15, -0.1) is 22.7 Å². The summed E-state index contributed by atoms with van der Waals surface area (Å²) in [6.45, 7) is 2.33. The van der Waals surface area contributed by atoms with Crippen LogP contribution in [0.5, 0.6) is 0 Å². The van der Waals surface area contributed by atoms with Crippen molar-refractivity contribution in [2.75, 3.05) is 5.32 Å². The predicted octanol–water partition coefficient (Wildman–Crippen LogP) is 7.61. The van der Waals surface area contributed by atoms with Gasteiger partial charge in [0.1, 0.15) is 16.0 Å². The van der Waals surface area contributed by atoms with Gasteiger partial charge < -0.3 is 5.32 Å². The van der Waals surface area contributed by atoms with Crippen molar-refractivity contribution in [3.63, 3.8) is 0 Å². The molecule has 3 nitrogen and oxygen atoms in total. The zero-order chi connectivity index (χ0) is 20.0. The number of rotatable bonds is 3. The van der Waals surface area contributed by atoms with Crippen LogP contribution in [0.25, 0.3) is 20.4 Å². The molecule has 2 atom stereocenters. The van der Waals surface area contributed by atoms with Crippen LogP contribution in [0, 0.1) is 17.6 Å². The van der Waals surface area contributed by atoms with Crippen molar-refractivity contribution in [3.05, 3.63) is 46.4 Å². The van der Waals surface area contributed by atoms with Crippen molar-refractivity contribution in [2.45, 2.75) is 44.9 Å². The second-order valence-corrected chi connectivity index (χ2v) is 9.77. The smallest absolute Gasteiger partial charge is 0.176 e. The van der Waals surface area contributed by atoms with Crippen molar-refractivity contribution < 1.29 is 8.78 Å². The van der Waals surface area contributed by atoms with Crippen LogP contribution in [-0.4, -0.2) is 9.97 Å². The predicted molar refractivity (Wildman–Crippen MR) is 117 cm³/mol. The minimum atomic E-state index is -0.654. The third-order valence-corrected chi connectivity index (χ3v) is 7.91. The summed E-state index contributed by atoms with van der Waals surface area (Å²) in [6, 6.07) is 5.28. The van der Waals surface area contributed by atoms with Crippen LogP contribution in [-0.2, 0) is 0 Å². The monoisotopic (exact) mass is 429 g/mol. The molecule has 0 unspecified atom stereocenters. The lowest BCUT2D eigenvalue weighted by Gasteiger charge is -2.19. The van der Waals surface area contributed by atoms with E-state index < -0.39 is 11.6 Å². The summed E-state index contributed by atoms with van der Waals surface area (Å²) >= 11 is 2.93. The first-order valence-electron chi connectivity index (χ1n) is 9.98. The highest BCUT2D eigenvalue weighted by Gasteiger charge is 2.24. The quantitative estimate of drug-likeness (QED) is 0.341. The second kappa shape index (κ2) is 7.61. The van der Waals surface area contributed by atoms with Crippen molar-refractivity contribution in [2.24, 2.45) is 5.92 Å². The Balaban J connectivity index is 1.55. The van der Waals surface area contributed by atoms with Gasteiger partial charge in [0, 0.05) is 16.5 Å². The lowest BCUT2D eigenvalue weighted by atomic mass is 9.88. The number of anilines is 2. The first-order valence-corrected chi connectivity index (χ1v) is 11.7. The van der Waals surface area contributed by atoms with Gasteiger partial charge in [-0.1, -0.05) is 32.6 Å². The molecule has 29 heavy (non-hydrogen) atoms. The number of nitrogens with zero attached hydrogens (tertiary/aromatic N) is 2. The van der Waals surface area contributed by atoms with Gasteiger partial charge in [-0.25, -0.2) is 18.7 Å². The van der Waals surface area contributed by atoms with Crippen LogP contribution in [0.3, 0.4) is 0 Å². The van der Waals surface area contributed by atoms with E-state index in [0.717, 1.165) is 10.2 Å². The molecule has 5 rings (SSSR count).